The van der Waals surface area contributed by atoms with E-state index in [1.165, 1.54) is 10.8 Å². The third-order valence-electron chi connectivity index (χ3n) is 4.81. The maximum Gasteiger partial charge on any atom is 0.329 e. The molecule has 26 heavy (non-hydrogen) atoms. The monoisotopic (exact) mass is 347 g/mol. The number of benzene rings is 1. The lowest BCUT2D eigenvalue weighted by molar-refractivity contribution is 0.0959. The Labute approximate surface area is 148 Å². The van der Waals surface area contributed by atoms with Crippen molar-refractivity contribution >= 4 is 22.9 Å². The van der Waals surface area contributed by atoms with Gasteiger partial charge in [-0.05, 0) is 23.5 Å². The van der Waals surface area contributed by atoms with E-state index in [1.807, 2.05) is 42.5 Å². The number of pyridine rings is 1. The van der Waals surface area contributed by atoms with Gasteiger partial charge in [0.05, 0.1) is 5.39 Å². The Kier molecular flexibility index (Phi) is 3.88. The van der Waals surface area contributed by atoms with E-state index < -0.39 is 11.2 Å². The van der Waals surface area contributed by atoms with Gasteiger partial charge >= 0.3 is 5.69 Å². The SMILES string of the molecule is Cn1c(=O)[nH]c(=O)c2c3c(cnc21)C(=O)CC(C=Cc1ccccc1)C3. The minimum Gasteiger partial charge on any atom is -0.294 e. The van der Waals surface area contributed by atoms with Crippen molar-refractivity contribution < 1.29 is 4.79 Å². The van der Waals surface area contributed by atoms with Crippen LogP contribution in [0.3, 0.4) is 0 Å². The van der Waals surface area contributed by atoms with E-state index in [-0.39, 0.29) is 11.7 Å². The molecule has 2 aromatic heterocycles. The first-order valence-corrected chi connectivity index (χ1v) is 8.42. The minimum atomic E-state index is -0.516. The van der Waals surface area contributed by atoms with E-state index >= 15 is 0 Å². The Morgan fingerprint density at radius 2 is 1.92 bits per heavy atom. The number of Topliss-reactive ketones (excluding diaryl/α,β-unsaturated/α-hetero) is 1. The molecule has 0 aliphatic heterocycles. The number of ketones is 1. The molecular formula is C20H17N3O3. The molecule has 130 valence electrons. The molecule has 0 fully saturated rings. The summed E-state index contributed by atoms with van der Waals surface area (Å²) in [5, 5.41) is 0.329. The summed E-state index contributed by atoms with van der Waals surface area (Å²) in [6, 6.07) is 9.86. The smallest absolute Gasteiger partial charge is 0.294 e. The molecule has 4 rings (SSSR count). The Hall–Kier alpha value is -3.28. The summed E-state index contributed by atoms with van der Waals surface area (Å²) in [6.45, 7) is 0. The van der Waals surface area contributed by atoms with E-state index in [9.17, 15) is 14.4 Å². The quantitative estimate of drug-likeness (QED) is 0.769. The molecule has 1 aliphatic carbocycles. The van der Waals surface area contributed by atoms with Crippen LogP contribution in [0.2, 0.25) is 0 Å². The first kappa shape index (κ1) is 16.2. The van der Waals surface area contributed by atoms with Crippen LogP contribution in [0.25, 0.3) is 17.1 Å². The van der Waals surface area contributed by atoms with Gasteiger partial charge in [-0.25, -0.2) is 9.78 Å². The van der Waals surface area contributed by atoms with Gasteiger partial charge in [-0.2, -0.15) is 0 Å². The summed E-state index contributed by atoms with van der Waals surface area (Å²) in [7, 11) is 1.55. The summed E-state index contributed by atoms with van der Waals surface area (Å²) in [6.07, 6.45) is 6.43. The molecule has 2 heterocycles. The predicted molar refractivity (Wildman–Crippen MR) is 99.2 cm³/mol. The second kappa shape index (κ2) is 6.22. The van der Waals surface area contributed by atoms with Crippen LogP contribution in [-0.2, 0) is 13.5 Å². The molecule has 6 heteroatoms. The van der Waals surface area contributed by atoms with E-state index in [4.69, 9.17) is 0 Å². The maximum absolute atomic E-state index is 12.6. The number of hydrogen-bond donors (Lipinski definition) is 1. The lowest BCUT2D eigenvalue weighted by Gasteiger charge is -2.22. The molecule has 1 aliphatic rings. The second-order valence-electron chi connectivity index (χ2n) is 6.53. The summed E-state index contributed by atoms with van der Waals surface area (Å²) in [5.41, 5.74) is 1.51. The van der Waals surface area contributed by atoms with Crippen LogP contribution < -0.4 is 11.2 Å². The Balaban J connectivity index is 1.81. The Morgan fingerprint density at radius 3 is 2.69 bits per heavy atom. The average Bonchev–Trinajstić information content (AvgIpc) is 2.64. The van der Waals surface area contributed by atoms with Gasteiger partial charge in [-0.15, -0.1) is 0 Å². The molecule has 0 saturated carbocycles. The van der Waals surface area contributed by atoms with Crippen LogP contribution in [0.15, 0.2) is 52.2 Å². The molecule has 6 nitrogen and oxygen atoms in total. The predicted octanol–water partition coefficient (Wildman–Crippen LogP) is 2.08. The maximum atomic E-state index is 12.6. The van der Waals surface area contributed by atoms with Crippen molar-refractivity contribution in [3.8, 4) is 0 Å². The fourth-order valence-electron chi connectivity index (χ4n) is 3.45. The number of allylic oxidation sites excluding steroid dienone is 1. The number of nitrogens with one attached hydrogen (secondary N) is 1. The second-order valence-corrected chi connectivity index (χ2v) is 6.53. The normalized spacial score (nSPS) is 17.0. The van der Waals surface area contributed by atoms with Gasteiger partial charge in [0.1, 0.15) is 5.65 Å². The molecule has 1 aromatic carbocycles. The number of H-pyrrole nitrogens is 1. The van der Waals surface area contributed by atoms with Crippen LogP contribution >= 0.6 is 0 Å². The van der Waals surface area contributed by atoms with E-state index in [2.05, 4.69) is 9.97 Å². The Bertz CT molecular complexity index is 1160. The van der Waals surface area contributed by atoms with Gasteiger partial charge < -0.3 is 0 Å². The molecule has 1 unspecified atom stereocenters. The molecule has 0 saturated heterocycles. The standard InChI is InChI=1S/C20H17N3O3/c1-23-18-17(19(25)22-20(23)26)14-9-13(10-16(24)15(14)11-21-18)8-7-12-5-3-2-4-6-12/h2-8,11,13H,9-10H2,1H3,(H,22,25,26). The summed E-state index contributed by atoms with van der Waals surface area (Å²) in [5.74, 6) is -0.0333. The zero-order chi connectivity index (χ0) is 18.3. The van der Waals surface area contributed by atoms with Crippen LogP contribution in [-0.4, -0.2) is 20.3 Å². The molecule has 3 aromatic rings. The van der Waals surface area contributed by atoms with E-state index in [1.54, 1.807) is 7.05 Å². The number of rotatable bonds is 2. The van der Waals surface area contributed by atoms with Gasteiger partial charge in [0.25, 0.3) is 5.56 Å². The van der Waals surface area contributed by atoms with Gasteiger partial charge in [0.2, 0.25) is 0 Å². The summed E-state index contributed by atoms with van der Waals surface area (Å²) < 4.78 is 1.30. The average molecular weight is 347 g/mol. The first-order valence-electron chi connectivity index (χ1n) is 8.42. The van der Waals surface area contributed by atoms with Crippen molar-refractivity contribution in [2.24, 2.45) is 13.0 Å². The highest BCUT2D eigenvalue weighted by Crippen LogP contribution is 2.29. The third-order valence-corrected chi connectivity index (χ3v) is 4.81. The number of aryl methyl sites for hydroxylation is 1. The molecular weight excluding hydrogens is 330 g/mol. The Morgan fingerprint density at radius 1 is 1.15 bits per heavy atom. The molecule has 1 atom stereocenters. The van der Waals surface area contributed by atoms with Crippen molar-refractivity contribution in [1.29, 1.82) is 0 Å². The fourth-order valence-corrected chi connectivity index (χ4v) is 3.45. The molecule has 0 bridgehead atoms. The zero-order valence-electron chi connectivity index (χ0n) is 14.2. The number of nitrogens with zero attached hydrogens (tertiary/aromatic N) is 2. The molecule has 0 spiro atoms. The summed E-state index contributed by atoms with van der Waals surface area (Å²) >= 11 is 0. The van der Waals surface area contributed by atoms with Crippen molar-refractivity contribution in [3.63, 3.8) is 0 Å². The number of hydrogen-bond acceptors (Lipinski definition) is 4. The molecule has 1 N–H and O–H groups in total. The highest BCUT2D eigenvalue weighted by atomic mass is 16.2. The highest BCUT2D eigenvalue weighted by molar-refractivity contribution is 6.02. The number of carbonyl (C=O) groups is 1. The van der Waals surface area contributed by atoms with Gasteiger partial charge in [-0.1, -0.05) is 42.5 Å². The molecule has 0 amide bonds. The van der Waals surface area contributed by atoms with Gasteiger partial charge in [0, 0.05) is 25.2 Å². The largest absolute Gasteiger partial charge is 0.329 e. The number of fused-ring (bicyclic) bond motifs is 3. The van der Waals surface area contributed by atoms with E-state index in [0.717, 1.165) is 5.56 Å². The van der Waals surface area contributed by atoms with Crippen LogP contribution in [0.4, 0.5) is 0 Å². The van der Waals surface area contributed by atoms with Crippen molar-refractivity contribution in [3.05, 3.63) is 80.1 Å². The van der Waals surface area contributed by atoms with Crippen molar-refractivity contribution in [2.75, 3.05) is 0 Å². The first-order chi connectivity index (χ1) is 12.5. The topological polar surface area (TPSA) is 84.8 Å². The number of aromatic nitrogens is 3. The number of aromatic amines is 1. The van der Waals surface area contributed by atoms with Crippen molar-refractivity contribution in [1.82, 2.24) is 14.5 Å². The highest BCUT2D eigenvalue weighted by Gasteiger charge is 2.27. The summed E-state index contributed by atoms with van der Waals surface area (Å²) in [4.78, 5) is 43.2. The molecule has 0 radical (unpaired) electrons. The van der Waals surface area contributed by atoms with Crippen LogP contribution in [0, 0.1) is 5.92 Å². The van der Waals surface area contributed by atoms with Crippen LogP contribution in [0.1, 0.15) is 27.9 Å². The lowest BCUT2D eigenvalue weighted by atomic mass is 9.82. The van der Waals surface area contributed by atoms with Gasteiger partial charge in [-0.3, -0.25) is 19.1 Å². The van der Waals surface area contributed by atoms with Crippen LogP contribution in [0.5, 0.6) is 0 Å². The lowest BCUT2D eigenvalue weighted by Crippen LogP contribution is -2.31. The fraction of sp³-hybridized carbons (Fsp3) is 0.200. The number of carbonyl (C=O) groups excluding carboxylic acids is 1. The third kappa shape index (κ3) is 2.69. The minimum absolute atomic E-state index is 0.00237. The van der Waals surface area contributed by atoms with E-state index in [0.29, 0.717) is 35.0 Å². The van der Waals surface area contributed by atoms with Crippen molar-refractivity contribution in [2.45, 2.75) is 12.8 Å². The zero-order valence-corrected chi connectivity index (χ0v) is 14.2. The van der Waals surface area contributed by atoms with Gasteiger partial charge in [0.15, 0.2) is 5.78 Å².